The Bertz CT molecular complexity index is 330. The number of hydrogen-bond donors (Lipinski definition) is 1. The van der Waals surface area contributed by atoms with Crippen molar-refractivity contribution in [1.29, 1.82) is 0 Å². The fraction of sp³-hybridized carbons (Fsp3) is 0.200. The monoisotopic (exact) mass is 179 g/mol. The highest BCUT2D eigenvalue weighted by atomic mass is 19.1. The number of nitrogen functional groups attached to an aromatic ring is 1. The van der Waals surface area contributed by atoms with Gasteiger partial charge in [-0.2, -0.15) is 0 Å². The predicted octanol–water partition coefficient (Wildman–Crippen LogP) is 1.81. The van der Waals surface area contributed by atoms with E-state index in [2.05, 4.69) is 5.92 Å². The lowest BCUT2D eigenvalue weighted by Crippen LogP contribution is -1.99. The SMILES string of the molecule is C#CCCOc1ccc(F)cc1N. The number of rotatable bonds is 3. The van der Waals surface area contributed by atoms with Gasteiger partial charge in [0.2, 0.25) is 0 Å². The maximum absolute atomic E-state index is 12.6. The van der Waals surface area contributed by atoms with Gasteiger partial charge in [-0.15, -0.1) is 12.3 Å². The van der Waals surface area contributed by atoms with Crippen LogP contribution < -0.4 is 10.5 Å². The van der Waals surface area contributed by atoms with Crippen LogP contribution in [0.25, 0.3) is 0 Å². The molecule has 0 aromatic heterocycles. The summed E-state index contributed by atoms with van der Waals surface area (Å²) in [5.74, 6) is 2.52. The summed E-state index contributed by atoms with van der Waals surface area (Å²) in [6.07, 6.45) is 5.54. The second kappa shape index (κ2) is 4.36. The molecule has 2 N–H and O–H groups in total. The number of ether oxygens (including phenoxy) is 1. The van der Waals surface area contributed by atoms with Crippen molar-refractivity contribution in [2.45, 2.75) is 6.42 Å². The van der Waals surface area contributed by atoms with E-state index in [0.717, 1.165) is 0 Å². The van der Waals surface area contributed by atoms with Crippen molar-refractivity contribution in [3.05, 3.63) is 24.0 Å². The van der Waals surface area contributed by atoms with E-state index >= 15 is 0 Å². The van der Waals surface area contributed by atoms with Gasteiger partial charge in [0.05, 0.1) is 12.3 Å². The van der Waals surface area contributed by atoms with Crippen LogP contribution in [0.15, 0.2) is 18.2 Å². The lowest BCUT2D eigenvalue weighted by Gasteiger charge is -2.06. The smallest absolute Gasteiger partial charge is 0.142 e. The van der Waals surface area contributed by atoms with Gasteiger partial charge in [0.1, 0.15) is 11.6 Å². The van der Waals surface area contributed by atoms with Gasteiger partial charge in [-0.3, -0.25) is 0 Å². The van der Waals surface area contributed by atoms with Crippen LogP contribution in [0, 0.1) is 18.2 Å². The fourth-order valence-electron chi connectivity index (χ4n) is 0.871. The van der Waals surface area contributed by atoms with Crippen LogP contribution in [0.3, 0.4) is 0 Å². The van der Waals surface area contributed by atoms with E-state index in [-0.39, 0.29) is 11.5 Å². The molecule has 0 spiro atoms. The maximum Gasteiger partial charge on any atom is 0.142 e. The third-order valence-electron chi connectivity index (χ3n) is 1.48. The second-order valence-corrected chi connectivity index (χ2v) is 2.48. The Labute approximate surface area is 76.5 Å². The largest absolute Gasteiger partial charge is 0.490 e. The maximum atomic E-state index is 12.6. The molecule has 1 aromatic rings. The molecule has 0 amide bonds. The number of anilines is 1. The minimum absolute atomic E-state index is 0.289. The minimum atomic E-state index is -0.373. The van der Waals surface area contributed by atoms with Crippen LogP contribution in [0.5, 0.6) is 5.75 Å². The first-order chi connectivity index (χ1) is 6.24. The number of halogens is 1. The van der Waals surface area contributed by atoms with E-state index in [0.29, 0.717) is 18.8 Å². The summed E-state index contributed by atoms with van der Waals surface area (Å²) in [5.41, 5.74) is 5.78. The van der Waals surface area contributed by atoms with Crippen LogP contribution in [-0.2, 0) is 0 Å². The van der Waals surface area contributed by atoms with Crippen molar-refractivity contribution in [3.8, 4) is 18.1 Å². The third-order valence-corrected chi connectivity index (χ3v) is 1.48. The summed E-state index contributed by atoms with van der Waals surface area (Å²) in [4.78, 5) is 0. The summed E-state index contributed by atoms with van der Waals surface area (Å²) >= 11 is 0. The molecule has 0 atom stereocenters. The van der Waals surface area contributed by atoms with Crippen LogP contribution in [0.1, 0.15) is 6.42 Å². The standard InChI is InChI=1S/C10H10FNO/c1-2-3-6-13-10-5-4-8(11)7-9(10)12/h1,4-5,7H,3,6,12H2. The average molecular weight is 179 g/mol. The molecule has 2 nitrogen and oxygen atoms in total. The molecular formula is C10H10FNO. The van der Waals surface area contributed by atoms with E-state index in [4.69, 9.17) is 16.9 Å². The first-order valence-electron chi connectivity index (χ1n) is 3.85. The molecule has 0 bridgehead atoms. The van der Waals surface area contributed by atoms with Gasteiger partial charge in [0, 0.05) is 12.5 Å². The van der Waals surface area contributed by atoms with Crippen molar-refractivity contribution in [3.63, 3.8) is 0 Å². The fourth-order valence-corrected chi connectivity index (χ4v) is 0.871. The molecule has 13 heavy (non-hydrogen) atoms. The zero-order chi connectivity index (χ0) is 9.68. The zero-order valence-corrected chi connectivity index (χ0v) is 7.09. The molecule has 0 radical (unpaired) electrons. The van der Waals surface area contributed by atoms with E-state index in [9.17, 15) is 4.39 Å². The topological polar surface area (TPSA) is 35.2 Å². The Kier molecular flexibility index (Phi) is 3.15. The van der Waals surface area contributed by atoms with Crippen LogP contribution in [0.2, 0.25) is 0 Å². The Morgan fingerprint density at radius 1 is 1.54 bits per heavy atom. The normalized spacial score (nSPS) is 9.23. The van der Waals surface area contributed by atoms with Gasteiger partial charge >= 0.3 is 0 Å². The van der Waals surface area contributed by atoms with Crippen molar-refractivity contribution in [2.75, 3.05) is 12.3 Å². The van der Waals surface area contributed by atoms with Crippen LogP contribution in [0.4, 0.5) is 10.1 Å². The Balaban J connectivity index is 2.62. The lowest BCUT2D eigenvalue weighted by atomic mass is 10.3. The molecular weight excluding hydrogens is 169 g/mol. The highest BCUT2D eigenvalue weighted by Gasteiger charge is 2.00. The molecule has 0 heterocycles. The summed E-state index contributed by atoms with van der Waals surface area (Å²) < 4.78 is 17.8. The van der Waals surface area contributed by atoms with E-state index < -0.39 is 0 Å². The molecule has 68 valence electrons. The lowest BCUT2D eigenvalue weighted by molar-refractivity contribution is 0.328. The first kappa shape index (κ1) is 9.40. The second-order valence-electron chi connectivity index (χ2n) is 2.48. The van der Waals surface area contributed by atoms with E-state index in [1.165, 1.54) is 18.2 Å². The molecule has 0 aliphatic heterocycles. The van der Waals surface area contributed by atoms with Crippen molar-refractivity contribution >= 4 is 5.69 Å². The minimum Gasteiger partial charge on any atom is -0.490 e. The molecule has 0 aliphatic rings. The molecule has 0 saturated carbocycles. The molecule has 0 aliphatic carbocycles. The van der Waals surface area contributed by atoms with E-state index in [1.54, 1.807) is 0 Å². The Hall–Kier alpha value is -1.69. The summed E-state index contributed by atoms with van der Waals surface area (Å²) in [5, 5.41) is 0. The van der Waals surface area contributed by atoms with Gasteiger partial charge in [-0.25, -0.2) is 4.39 Å². The number of nitrogens with two attached hydrogens (primary N) is 1. The Morgan fingerprint density at radius 3 is 2.92 bits per heavy atom. The van der Waals surface area contributed by atoms with Crippen LogP contribution >= 0.6 is 0 Å². The molecule has 0 fully saturated rings. The van der Waals surface area contributed by atoms with Gasteiger partial charge in [-0.1, -0.05) is 0 Å². The average Bonchev–Trinajstić information content (AvgIpc) is 2.09. The number of benzene rings is 1. The van der Waals surface area contributed by atoms with Gasteiger partial charge in [0.25, 0.3) is 0 Å². The first-order valence-corrected chi connectivity index (χ1v) is 3.85. The van der Waals surface area contributed by atoms with Crippen LogP contribution in [-0.4, -0.2) is 6.61 Å². The highest BCUT2D eigenvalue weighted by Crippen LogP contribution is 2.21. The number of hydrogen-bond acceptors (Lipinski definition) is 2. The quantitative estimate of drug-likeness (QED) is 0.436. The van der Waals surface area contributed by atoms with Crippen molar-refractivity contribution in [2.24, 2.45) is 0 Å². The van der Waals surface area contributed by atoms with Gasteiger partial charge in [-0.05, 0) is 12.1 Å². The van der Waals surface area contributed by atoms with Crippen molar-refractivity contribution < 1.29 is 9.13 Å². The zero-order valence-electron chi connectivity index (χ0n) is 7.09. The summed E-state index contributed by atoms with van der Waals surface area (Å²) in [6, 6.07) is 3.99. The Morgan fingerprint density at radius 2 is 2.31 bits per heavy atom. The summed E-state index contributed by atoms with van der Waals surface area (Å²) in [6.45, 7) is 0.395. The third kappa shape index (κ3) is 2.68. The van der Waals surface area contributed by atoms with Gasteiger partial charge in [0.15, 0.2) is 0 Å². The van der Waals surface area contributed by atoms with Gasteiger partial charge < -0.3 is 10.5 Å². The molecule has 1 rings (SSSR count). The number of terminal acetylenes is 1. The molecule has 0 unspecified atom stereocenters. The molecule has 1 aromatic carbocycles. The predicted molar refractivity (Wildman–Crippen MR) is 49.8 cm³/mol. The highest BCUT2D eigenvalue weighted by molar-refractivity contribution is 5.52. The summed E-state index contributed by atoms with van der Waals surface area (Å²) in [7, 11) is 0. The van der Waals surface area contributed by atoms with E-state index in [1.807, 2.05) is 0 Å². The molecule has 0 saturated heterocycles. The molecule has 3 heteroatoms. The van der Waals surface area contributed by atoms with Crippen molar-refractivity contribution in [1.82, 2.24) is 0 Å².